The number of hydrogen-bond donors (Lipinski definition) is 0. The van der Waals surface area contributed by atoms with Gasteiger partial charge in [-0.25, -0.2) is 0 Å². The summed E-state index contributed by atoms with van der Waals surface area (Å²) < 4.78 is 10.7. The van der Waals surface area contributed by atoms with Crippen LogP contribution in [-0.4, -0.2) is 13.7 Å². The number of methoxy groups -OCH3 is 1. The highest BCUT2D eigenvalue weighted by atomic mass is 16.5. The molecule has 0 aliphatic heterocycles. The lowest BCUT2D eigenvalue weighted by atomic mass is 10.2. The third-order valence-electron chi connectivity index (χ3n) is 1.83. The SMILES string of the molecule is C=[C]c1ccc(OCCC)c(OC)c1. The Kier molecular flexibility index (Phi) is 4.05. The van der Waals surface area contributed by atoms with Crippen LogP contribution in [0.25, 0.3) is 0 Å². The van der Waals surface area contributed by atoms with Gasteiger partial charge in [-0.05, 0) is 30.2 Å². The van der Waals surface area contributed by atoms with E-state index in [1.807, 2.05) is 18.2 Å². The second-order valence-electron chi connectivity index (χ2n) is 2.89. The van der Waals surface area contributed by atoms with Gasteiger partial charge in [0.15, 0.2) is 11.5 Å². The molecule has 0 heterocycles. The van der Waals surface area contributed by atoms with Crippen molar-refractivity contribution < 1.29 is 9.47 Å². The van der Waals surface area contributed by atoms with Gasteiger partial charge in [0.05, 0.1) is 13.7 Å². The Morgan fingerprint density at radius 2 is 2.14 bits per heavy atom. The first-order valence-electron chi connectivity index (χ1n) is 4.65. The van der Waals surface area contributed by atoms with E-state index in [2.05, 4.69) is 19.6 Å². The Bertz CT molecular complexity index is 305. The van der Waals surface area contributed by atoms with Crippen LogP contribution in [0.1, 0.15) is 18.9 Å². The molecule has 2 nitrogen and oxygen atoms in total. The predicted molar refractivity (Wildman–Crippen MR) is 56.8 cm³/mol. The summed E-state index contributed by atoms with van der Waals surface area (Å²) in [6.45, 7) is 6.35. The molecular weight excluding hydrogens is 176 g/mol. The Hall–Kier alpha value is -1.44. The van der Waals surface area contributed by atoms with Crippen molar-refractivity contribution >= 4 is 0 Å². The molecule has 0 fully saturated rings. The Labute approximate surface area is 85.2 Å². The fraction of sp³-hybridized carbons (Fsp3) is 0.333. The molecule has 75 valence electrons. The number of benzene rings is 1. The fourth-order valence-corrected chi connectivity index (χ4v) is 1.11. The molecule has 0 aromatic heterocycles. The average molecular weight is 191 g/mol. The standard InChI is InChI=1S/C12H15O2/c1-4-8-14-11-7-6-10(5-2)9-12(11)13-3/h6-7,9H,2,4,8H2,1,3H3. The second kappa shape index (κ2) is 5.32. The van der Waals surface area contributed by atoms with E-state index in [0.29, 0.717) is 6.61 Å². The van der Waals surface area contributed by atoms with Crippen LogP contribution < -0.4 is 9.47 Å². The Balaban J connectivity index is 2.87. The average Bonchev–Trinajstić information content (AvgIpc) is 2.26. The zero-order valence-corrected chi connectivity index (χ0v) is 8.67. The molecule has 0 saturated carbocycles. The van der Waals surface area contributed by atoms with E-state index >= 15 is 0 Å². The van der Waals surface area contributed by atoms with Crippen LogP contribution in [0.5, 0.6) is 11.5 Å². The minimum atomic E-state index is 0.702. The summed E-state index contributed by atoms with van der Waals surface area (Å²) in [7, 11) is 1.63. The molecule has 0 amide bonds. The van der Waals surface area contributed by atoms with Gasteiger partial charge >= 0.3 is 0 Å². The van der Waals surface area contributed by atoms with Crippen molar-refractivity contribution in [2.45, 2.75) is 13.3 Å². The summed E-state index contributed by atoms with van der Waals surface area (Å²) in [6.07, 6.45) is 3.78. The van der Waals surface area contributed by atoms with E-state index in [1.165, 1.54) is 0 Å². The largest absolute Gasteiger partial charge is 0.493 e. The van der Waals surface area contributed by atoms with E-state index in [0.717, 1.165) is 23.5 Å². The molecule has 0 N–H and O–H groups in total. The van der Waals surface area contributed by atoms with Crippen molar-refractivity contribution in [1.82, 2.24) is 0 Å². The zero-order valence-electron chi connectivity index (χ0n) is 8.67. The normalized spacial score (nSPS) is 9.57. The minimum absolute atomic E-state index is 0.702. The Morgan fingerprint density at radius 1 is 1.36 bits per heavy atom. The summed E-state index contributed by atoms with van der Waals surface area (Å²) in [5.74, 6) is 1.50. The van der Waals surface area contributed by atoms with Gasteiger partial charge in [0.2, 0.25) is 0 Å². The van der Waals surface area contributed by atoms with Crippen LogP contribution in [0.2, 0.25) is 0 Å². The highest BCUT2D eigenvalue weighted by Gasteiger charge is 2.03. The predicted octanol–water partition coefficient (Wildman–Crippen LogP) is 2.82. The van der Waals surface area contributed by atoms with E-state index in [4.69, 9.17) is 9.47 Å². The van der Waals surface area contributed by atoms with Crippen LogP contribution in [0.3, 0.4) is 0 Å². The quantitative estimate of drug-likeness (QED) is 0.712. The summed E-state index contributed by atoms with van der Waals surface area (Å²) in [6, 6.07) is 5.64. The first-order valence-corrected chi connectivity index (χ1v) is 4.65. The van der Waals surface area contributed by atoms with Gasteiger partial charge in [-0.2, -0.15) is 0 Å². The second-order valence-corrected chi connectivity index (χ2v) is 2.89. The van der Waals surface area contributed by atoms with E-state index in [1.54, 1.807) is 7.11 Å². The van der Waals surface area contributed by atoms with Gasteiger partial charge in [-0.15, -0.1) is 0 Å². The van der Waals surface area contributed by atoms with Crippen LogP contribution in [0.4, 0.5) is 0 Å². The number of hydrogen-bond acceptors (Lipinski definition) is 2. The van der Waals surface area contributed by atoms with Crippen LogP contribution in [0.15, 0.2) is 24.8 Å². The van der Waals surface area contributed by atoms with Crippen molar-refractivity contribution in [1.29, 1.82) is 0 Å². The molecule has 0 saturated heterocycles. The van der Waals surface area contributed by atoms with Gasteiger partial charge in [0.25, 0.3) is 0 Å². The maximum atomic E-state index is 5.50. The van der Waals surface area contributed by atoms with Gasteiger partial charge in [-0.1, -0.05) is 19.6 Å². The highest BCUT2D eigenvalue weighted by Crippen LogP contribution is 2.27. The van der Waals surface area contributed by atoms with Crippen molar-refractivity contribution in [3.63, 3.8) is 0 Å². The van der Waals surface area contributed by atoms with Gasteiger partial charge in [0, 0.05) is 0 Å². The topological polar surface area (TPSA) is 18.5 Å². The first-order chi connectivity index (χ1) is 6.81. The summed E-state index contributed by atoms with van der Waals surface area (Å²) >= 11 is 0. The molecule has 0 unspecified atom stereocenters. The molecule has 1 radical (unpaired) electrons. The van der Waals surface area contributed by atoms with Crippen LogP contribution in [0, 0.1) is 6.08 Å². The molecule has 0 bridgehead atoms. The molecule has 1 aromatic rings. The monoisotopic (exact) mass is 191 g/mol. The van der Waals surface area contributed by atoms with Crippen molar-refractivity contribution in [2.24, 2.45) is 0 Å². The molecular formula is C12H15O2. The molecule has 0 spiro atoms. The number of ether oxygens (including phenoxy) is 2. The van der Waals surface area contributed by atoms with Crippen LogP contribution in [-0.2, 0) is 0 Å². The van der Waals surface area contributed by atoms with Gasteiger partial charge < -0.3 is 9.47 Å². The molecule has 2 heteroatoms. The molecule has 0 aliphatic rings. The summed E-state index contributed by atoms with van der Waals surface area (Å²) in [5.41, 5.74) is 0.908. The van der Waals surface area contributed by atoms with E-state index in [9.17, 15) is 0 Å². The highest BCUT2D eigenvalue weighted by molar-refractivity contribution is 5.44. The molecule has 0 atom stereocenters. The molecule has 1 aromatic carbocycles. The zero-order chi connectivity index (χ0) is 10.4. The van der Waals surface area contributed by atoms with E-state index < -0.39 is 0 Å². The van der Waals surface area contributed by atoms with E-state index in [-0.39, 0.29) is 0 Å². The maximum Gasteiger partial charge on any atom is 0.161 e. The van der Waals surface area contributed by atoms with Crippen molar-refractivity contribution in [3.05, 3.63) is 36.4 Å². The first kappa shape index (κ1) is 10.6. The van der Waals surface area contributed by atoms with Crippen molar-refractivity contribution in [2.75, 3.05) is 13.7 Å². The minimum Gasteiger partial charge on any atom is -0.493 e. The smallest absolute Gasteiger partial charge is 0.161 e. The molecule has 14 heavy (non-hydrogen) atoms. The third kappa shape index (κ3) is 2.52. The number of rotatable bonds is 5. The molecule has 1 rings (SSSR count). The Morgan fingerprint density at radius 3 is 2.71 bits per heavy atom. The summed E-state index contributed by atoms with van der Waals surface area (Å²) in [4.78, 5) is 0. The van der Waals surface area contributed by atoms with Crippen LogP contribution >= 0.6 is 0 Å². The lowest BCUT2D eigenvalue weighted by Crippen LogP contribution is -1.97. The molecule has 0 aliphatic carbocycles. The lowest BCUT2D eigenvalue weighted by molar-refractivity contribution is 0.294. The van der Waals surface area contributed by atoms with Gasteiger partial charge in [-0.3, -0.25) is 0 Å². The maximum absolute atomic E-state index is 5.50. The van der Waals surface area contributed by atoms with Crippen molar-refractivity contribution in [3.8, 4) is 11.5 Å². The fourth-order valence-electron chi connectivity index (χ4n) is 1.11. The van der Waals surface area contributed by atoms with Gasteiger partial charge in [0.1, 0.15) is 0 Å². The third-order valence-corrected chi connectivity index (χ3v) is 1.83. The lowest BCUT2D eigenvalue weighted by Gasteiger charge is -2.10. The summed E-state index contributed by atoms with van der Waals surface area (Å²) in [5, 5.41) is 0.